The number of methoxy groups -OCH3 is 1. The third-order valence-electron chi connectivity index (χ3n) is 6.40. The van der Waals surface area contributed by atoms with Crippen molar-refractivity contribution in [2.45, 2.75) is 25.4 Å². The molecule has 0 saturated carbocycles. The zero-order chi connectivity index (χ0) is 23.0. The number of halogens is 1. The molecule has 0 spiro atoms. The number of aliphatic hydroxyl groups is 1. The molecule has 7 heteroatoms. The molecule has 0 aliphatic carbocycles. The minimum absolute atomic E-state index is 0.102. The van der Waals surface area contributed by atoms with Gasteiger partial charge in [-0.05, 0) is 73.4 Å². The van der Waals surface area contributed by atoms with Gasteiger partial charge >= 0.3 is 0 Å². The molecule has 2 aromatic heterocycles. The Morgan fingerprint density at radius 2 is 2.12 bits per heavy atom. The van der Waals surface area contributed by atoms with Gasteiger partial charge < -0.3 is 9.84 Å². The minimum atomic E-state index is -1.09. The monoisotopic (exact) mass is 448 g/mol. The predicted molar refractivity (Wildman–Crippen MR) is 125 cm³/mol. The number of aromatic nitrogens is 3. The Bertz CT molecular complexity index is 1120. The van der Waals surface area contributed by atoms with Gasteiger partial charge in [-0.15, -0.1) is 0 Å². The van der Waals surface area contributed by atoms with Gasteiger partial charge in [-0.2, -0.15) is 0 Å². The lowest BCUT2D eigenvalue weighted by Crippen LogP contribution is -2.42. The van der Waals surface area contributed by atoms with Crippen molar-refractivity contribution in [3.05, 3.63) is 60.3 Å². The first-order chi connectivity index (χ1) is 16.2. The van der Waals surface area contributed by atoms with Crippen LogP contribution in [0.15, 0.2) is 49.1 Å². The van der Waals surface area contributed by atoms with Gasteiger partial charge in [0.2, 0.25) is 0 Å². The van der Waals surface area contributed by atoms with Crippen LogP contribution >= 0.6 is 0 Å². The number of piperidine rings is 1. The van der Waals surface area contributed by atoms with E-state index in [0.717, 1.165) is 36.8 Å². The molecule has 172 valence electrons. The number of fused-ring (bicyclic) bond motifs is 1. The highest BCUT2D eigenvalue weighted by Crippen LogP contribution is 2.35. The average Bonchev–Trinajstić information content (AvgIpc) is 2.87. The van der Waals surface area contributed by atoms with Gasteiger partial charge in [-0.1, -0.05) is 5.92 Å². The Hall–Kier alpha value is -3.08. The molecule has 3 aromatic rings. The standard InChI is InChI=1S/C26H29FN4O2/c1-33-22-5-7-26-24(15-22)23(8-10-30-26)25(27)6-4-19-9-14-31(17-20(19)18-32)13-2-3-21-16-28-11-12-29-21/h5,7-8,10-12,15-16,19-20,25,32H,4,6,9,13-14,17-18H2,1H3/t19-,20-,25-/m1/s1. The van der Waals surface area contributed by atoms with E-state index in [2.05, 4.69) is 31.7 Å². The van der Waals surface area contributed by atoms with Crippen LogP contribution in [0.3, 0.4) is 0 Å². The number of aliphatic hydroxyl groups excluding tert-OH is 1. The molecule has 1 aliphatic rings. The number of benzene rings is 1. The third-order valence-corrected chi connectivity index (χ3v) is 6.40. The van der Waals surface area contributed by atoms with Gasteiger partial charge in [0.1, 0.15) is 17.6 Å². The van der Waals surface area contributed by atoms with Crippen LogP contribution in [0.5, 0.6) is 5.75 Å². The van der Waals surface area contributed by atoms with Crippen molar-refractivity contribution in [3.8, 4) is 17.6 Å². The Kier molecular flexibility index (Phi) is 7.82. The second-order valence-electron chi connectivity index (χ2n) is 8.45. The highest BCUT2D eigenvalue weighted by molar-refractivity contribution is 5.83. The Labute approximate surface area is 193 Å². The molecule has 1 N–H and O–H groups in total. The second-order valence-corrected chi connectivity index (χ2v) is 8.45. The number of pyridine rings is 1. The van der Waals surface area contributed by atoms with Crippen LogP contribution in [0.2, 0.25) is 0 Å². The van der Waals surface area contributed by atoms with E-state index in [0.29, 0.717) is 35.9 Å². The summed E-state index contributed by atoms with van der Waals surface area (Å²) < 4.78 is 20.6. The molecule has 3 atom stereocenters. The van der Waals surface area contributed by atoms with E-state index >= 15 is 4.39 Å². The molecule has 1 saturated heterocycles. The smallest absolute Gasteiger partial charge is 0.131 e. The molecule has 33 heavy (non-hydrogen) atoms. The van der Waals surface area contributed by atoms with Gasteiger partial charge in [-0.3, -0.25) is 14.9 Å². The molecule has 0 radical (unpaired) electrons. The van der Waals surface area contributed by atoms with Crippen LogP contribution in [-0.2, 0) is 0 Å². The van der Waals surface area contributed by atoms with E-state index < -0.39 is 6.17 Å². The zero-order valence-corrected chi connectivity index (χ0v) is 18.8. The first-order valence-electron chi connectivity index (χ1n) is 11.3. The third kappa shape index (κ3) is 5.84. The number of rotatable bonds is 7. The number of hydrogen-bond acceptors (Lipinski definition) is 6. The van der Waals surface area contributed by atoms with E-state index in [9.17, 15) is 5.11 Å². The predicted octanol–water partition coefficient (Wildman–Crippen LogP) is 3.81. The van der Waals surface area contributed by atoms with E-state index in [1.807, 2.05) is 18.2 Å². The molecule has 0 bridgehead atoms. The van der Waals surface area contributed by atoms with Crippen molar-refractivity contribution in [2.75, 3.05) is 33.4 Å². The van der Waals surface area contributed by atoms with Crippen LogP contribution in [0.1, 0.15) is 36.7 Å². The molecule has 3 heterocycles. The topological polar surface area (TPSA) is 71.4 Å². The lowest BCUT2D eigenvalue weighted by molar-refractivity contribution is 0.0708. The largest absolute Gasteiger partial charge is 0.497 e. The molecule has 1 aromatic carbocycles. The Morgan fingerprint density at radius 3 is 2.91 bits per heavy atom. The van der Waals surface area contributed by atoms with Gasteiger partial charge in [0.05, 0.1) is 25.4 Å². The van der Waals surface area contributed by atoms with E-state index in [1.165, 1.54) is 0 Å². The van der Waals surface area contributed by atoms with Crippen molar-refractivity contribution in [2.24, 2.45) is 11.8 Å². The van der Waals surface area contributed by atoms with Crippen molar-refractivity contribution in [1.29, 1.82) is 0 Å². The Balaban J connectivity index is 1.34. The summed E-state index contributed by atoms with van der Waals surface area (Å²) in [4.78, 5) is 14.8. The van der Waals surface area contributed by atoms with E-state index in [4.69, 9.17) is 4.74 Å². The summed E-state index contributed by atoms with van der Waals surface area (Å²) in [7, 11) is 1.60. The van der Waals surface area contributed by atoms with E-state index in [-0.39, 0.29) is 12.5 Å². The maximum Gasteiger partial charge on any atom is 0.131 e. The number of likely N-dealkylation sites (tertiary alicyclic amines) is 1. The summed E-state index contributed by atoms with van der Waals surface area (Å²) in [6.07, 6.45) is 7.55. The summed E-state index contributed by atoms with van der Waals surface area (Å²) in [5, 5.41) is 10.8. The fraction of sp³-hybridized carbons (Fsp3) is 0.423. The van der Waals surface area contributed by atoms with Crippen LogP contribution in [0.4, 0.5) is 4.39 Å². The summed E-state index contributed by atoms with van der Waals surface area (Å²) in [6, 6.07) is 7.30. The summed E-state index contributed by atoms with van der Waals surface area (Å²) in [6.45, 7) is 2.38. The molecular weight excluding hydrogens is 419 g/mol. The van der Waals surface area contributed by atoms with Crippen molar-refractivity contribution < 1.29 is 14.2 Å². The number of ether oxygens (including phenoxy) is 1. The van der Waals surface area contributed by atoms with Gasteiger partial charge in [0, 0.05) is 37.1 Å². The first kappa shape index (κ1) is 23.1. The van der Waals surface area contributed by atoms with Crippen molar-refractivity contribution in [1.82, 2.24) is 19.9 Å². The number of alkyl halides is 1. The number of hydrogen-bond donors (Lipinski definition) is 1. The fourth-order valence-corrected chi connectivity index (χ4v) is 4.55. The van der Waals surface area contributed by atoms with Crippen LogP contribution < -0.4 is 4.74 Å². The fourth-order valence-electron chi connectivity index (χ4n) is 4.55. The normalized spacial score (nSPS) is 19.6. The Morgan fingerprint density at radius 1 is 1.21 bits per heavy atom. The quantitative estimate of drug-likeness (QED) is 0.555. The lowest BCUT2D eigenvalue weighted by Gasteiger charge is -2.37. The molecular formula is C26H29FN4O2. The van der Waals surface area contributed by atoms with Gasteiger partial charge in [0.25, 0.3) is 0 Å². The molecule has 6 nitrogen and oxygen atoms in total. The van der Waals surface area contributed by atoms with Gasteiger partial charge in [0.15, 0.2) is 0 Å². The van der Waals surface area contributed by atoms with Crippen LogP contribution in [-0.4, -0.2) is 58.3 Å². The van der Waals surface area contributed by atoms with Crippen LogP contribution in [0, 0.1) is 23.7 Å². The SMILES string of the molecule is COc1ccc2nccc([C@H](F)CC[C@@H]3CCN(CC#Cc4cnccn4)C[C@@H]3CO)c2c1. The molecule has 4 rings (SSSR count). The number of nitrogens with zero attached hydrogens (tertiary/aromatic N) is 4. The second kappa shape index (κ2) is 11.2. The summed E-state index contributed by atoms with van der Waals surface area (Å²) in [5.74, 6) is 7.28. The summed E-state index contributed by atoms with van der Waals surface area (Å²) >= 11 is 0. The highest BCUT2D eigenvalue weighted by Gasteiger charge is 2.29. The van der Waals surface area contributed by atoms with E-state index in [1.54, 1.807) is 38.0 Å². The molecule has 1 aliphatic heterocycles. The molecule has 0 amide bonds. The first-order valence-corrected chi connectivity index (χ1v) is 11.3. The zero-order valence-electron chi connectivity index (χ0n) is 18.8. The van der Waals surface area contributed by atoms with Crippen molar-refractivity contribution in [3.63, 3.8) is 0 Å². The minimum Gasteiger partial charge on any atom is -0.497 e. The van der Waals surface area contributed by atoms with Crippen LogP contribution in [0.25, 0.3) is 10.9 Å². The highest BCUT2D eigenvalue weighted by atomic mass is 19.1. The summed E-state index contributed by atoms with van der Waals surface area (Å²) in [5.41, 5.74) is 2.07. The maximum atomic E-state index is 15.3. The molecule has 1 fully saturated rings. The average molecular weight is 449 g/mol. The van der Waals surface area contributed by atoms with Gasteiger partial charge in [-0.25, -0.2) is 9.37 Å². The maximum absolute atomic E-state index is 15.3. The molecule has 0 unspecified atom stereocenters. The lowest BCUT2D eigenvalue weighted by atomic mass is 9.81. The van der Waals surface area contributed by atoms with Crippen molar-refractivity contribution >= 4 is 10.9 Å².